The molecule has 0 saturated carbocycles. The molecular formula is C11H15N3O. The molecule has 80 valence electrons. The van der Waals surface area contributed by atoms with Crippen LogP contribution in [0.3, 0.4) is 0 Å². The second-order valence-corrected chi connectivity index (χ2v) is 3.89. The first-order valence-corrected chi connectivity index (χ1v) is 5.04. The number of pyridine rings is 1. The van der Waals surface area contributed by atoms with Gasteiger partial charge in [-0.25, -0.2) is 4.98 Å². The van der Waals surface area contributed by atoms with Crippen LogP contribution < -0.4 is 5.73 Å². The van der Waals surface area contributed by atoms with E-state index in [2.05, 4.69) is 18.8 Å². The molecule has 0 aromatic carbocycles. The first kappa shape index (κ1) is 9.98. The van der Waals surface area contributed by atoms with Crippen LogP contribution in [0.4, 0.5) is 0 Å². The second kappa shape index (κ2) is 3.55. The van der Waals surface area contributed by atoms with Crippen LogP contribution >= 0.6 is 0 Å². The van der Waals surface area contributed by atoms with Crippen molar-refractivity contribution in [1.82, 2.24) is 9.38 Å². The van der Waals surface area contributed by atoms with Gasteiger partial charge in [0, 0.05) is 12.7 Å². The fraction of sp³-hybridized carbons (Fsp3) is 0.364. The molecule has 0 aliphatic carbocycles. The van der Waals surface area contributed by atoms with Crippen LogP contribution in [-0.2, 0) is 6.54 Å². The molecular weight excluding hydrogens is 190 g/mol. The Balaban J connectivity index is 2.78. The predicted octanol–water partition coefficient (Wildman–Crippen LogP) is 1.62. The highest BCUT2D eigenvalue weighted by atomic mass is 16.3. The lowest BCUT2D eigenvalue weighted by atomic mass is 10.1. The predicted molar refractivity (Wildman–Crippen MR) is 58.8 cm³/mol. The minimum absolute atomic E-state index is 0.194. The van der Waals surface area contributed by atoms with Crippen molar-refractivity contribution in [3.63, 3.8) is 0 Å². The summed E-state index contributed by atoms with van der Waals surface area (Å²) in [5, 5.41) is 9.66. The summed E-state index contributed by atoms with van der Waals surface area (Å²) in [6.45, 7) is 4.56. The van der Waals surface area contributed by atoms with Gasteiger partial charge in [0.05, 0.1) is 11.4 Å². The Morgan fingerprint density at radius 1 is 1.53 bits per heavy atom. The van der Waals surface area contributed by atoms with Gasteiger partial charge in [-0.05, 0) is 18.1 Å². The molecule has 0 saturated heterocycles. The first-order chi connectivity index (χ1) is 7.15. The van der Waals surface area contributed by atoms with Crippen LogP contribution in [-0.4, -0.2) is 14.5 Å². The van der Waals surface area contributed by atoms with Crippen LogP contribution in [0.15, 0.2) is 18.3 Å². The maximum Gasteiger partial charge on any atom is 0.179 e. The normalized spacial score (nSPS) is 11.5. The van der Waals surface area contributed by atoms with Gasteiger partial charge in [-0.2, -0.15) is 0 Å². The Morgan fingerprint density at radius 3 is 2.87 bits per heavy atom. The average Bonchev–Trinajstić information content (AvgIpc) is 2.57. The number of hydrogen-bond donors (Lipinski definition) is 2. The number of nitrogens with two attached hydrogens (primary N) is 1. The van der Waals surface area contributed by atoms with Crippen LogP contribution in [0.1, 0.15) is 31.2 Å². The van der Waals surface area contributed by atoms with E-state index in [4.69, 9.17) is 5.73 Å². The number of rotatable bonds is 2. The molecule has 2 heterocycles. The van der Waals surface area contributed by atoms with Gasteiger partial charge in [0.25, 0.3) is 0 Å². The molecule has 0 amide bonds. The Hall–Kier alpha value is -1.55. The molecule has 0 aliphatic rings. The zero-order valence-corrected chi connectivity index (χ0v) is 8.94. The van der Waals surface area contributed by atoms with E-state index in [9.17, 15) is 5.11 Å². The number of fused-ring (bicyclic) bond motifs is 1. The number of hydrogen-bond acceptors (Lipinski definition) is 3. The lowest BCUT2D eigenvalue weighted by molar-refractivity contribution is 0.477. The Labute approximate surface area is 88.4 Å². The maximum absolute atomic E-state index is 9.66. The summed E-state index contributed by atoms with van der Waals surface area (Å²) >= 11 is 0. The summed E-state index contributed by atoms with van der Waals surface area (Å²) in [6, 6.07) is 3.42. The quantitative estimate of drug-likeness (QED) is 0.783. The van der Waals surface area contributed by atoms with Gasteiger partial charge in [-0.15, -0.1) is 0 Å². The zero-order chi connectivity index (χ0) is 11.0. The van der Waals surface area contributed by atoms with Crippen molar-refractivity contribution in [3.8, 4) is 5.75 Å². The van der Waals surface area contributed by atoms with E-state index in [-0.39, 0.29) is 5.75 Å². The Bertz CT molecular complexity index is 488. The smallest absolute Gasteiger partial charge is 0.179 e. The van der Waals surface area contributed by atoms with Crippen molar-refractivity contribution in [2.75, 3.05) is 0 Å². The maximum atomic E-state index is 9.66. The van der Waals surface area contributed by atoms with Gasteiger partial charge in [0.15, 0.2) is 11.4 Å². The highest BCUT2D eigenvalue weighted by Crippen LogP contribution is 2.24. The van der Waals surface area contributed by atoms with Gasteiger partial charge in [0.2, 0.25) is 0 Å². The van der Waals surface area contributed by atoms with Gasteiger partial charge in [-0.3, -0.25) is 4.40 Å². The molecule has 4 heteroatoms. The molecule has 0 radical (unpaired) electrons. The molecule has 0 fully saturated rings. The average molecular weight is 205 g/mol. The van der Waals surface area contributed by atoms with Gasteiger partial charge < -0.3 is 10.8 Å². The van der Waals surface area contributed by atoms with Crippen molar-refractivity contribution >= 4 is 5.65 Å². The van der Waals surface area contributed by atoms with Crippen molar-refractivity contribution in [1.29, 1.82) is 0 Å². The summed E-state index contributed by atoms with van der Waals surface area (Å²) < 4.78 is 1.85. The minimum atomic E-state index is 0.194. The largest absolute Gasteiger partial charge is 0.504 e. The molecule has 2 aromatic heterocycles. The molecule has 0 spiro atoms. The standard InChI is InChI=1S/C11H15N3O/c1-7(2)10-8(6-12)14-5-3-4-9(15)11(14)13-10/h3-5,7,15H,6,12H2,1-2H3. The summed E-state index contributed by atoms with van der Waals surface area (Å²) in [4.78, 5) is 4.42. The molecule has 0 atom stereocenters. The van der Waals surface area contributed by atoms with Crippen LogP contribution in [0.2, 0.25) is 0 Å². The highest BCUT2D eigenvalue weighted by molar-refractivity contribution is 5.55. The Kier molecular flexibility index (Phi) is 2.36. The molecule has 0 unspecified atom stereocenters. The highest BCUT2D eigenvalue weighted by Gasteiger charge is 2.15. The third-order valence-corrected chi connectivity index (χ3v) is 2.50. The van der Waals surface area contributed by atoms with Gasteiger partial charge in [-0.1, -0.05) is 13.8 Å². The summed E-state index contributed by atoms with van der Waals surface area (Å²) in [5.41, 5.74) is 8.22. The van der Waals surface area contributed by atoms with E-state index in [1.54, 1.807) is 12.1 Å². The number of nitrogens with zero attached hydrogens (tertiary/aromatic N) is 2. The monoisotopic (exact) mass is 205 g/mol. The van der Waals surface area contributed by atoms with Crippen LogP contribution in [0.25, 0.3) is 5.65 Å². The summed E-state index contributed by atoms with van der Waals surface area (Å²) in [6.07, 6.45) is 1.87. The zero-order valence-electron chi connectivity index (χ0n) is 8.94. The van der Waals surface area contributed by atoms with E-state index >= 15 is 0 Å². The molecule has 2 rings (SSSR count). The summed E-state index contributed by atoms with van der Waals surface area (Å²) in [5.74, 6) is 0.502. The molecule has 4 nitrogen and oxygen atoms in total. The Morgan fingerprint density at radius 2 is 2.27 bits per heavy atom. The van der Waals surface area contributed by atoms with Gasteiger partial charge in [0.1, 0.15) is 0 Å². The third-order valence-electron chi connectivity index (χ3n) is 2.50. The number of aromatic hydroxyl groups is 1. The molecule has 3 N–H and O–H groups in total. The van der Waals surface area contributed by atoms with E-state index < -0.39 is 0 Å². The lowest BCUT2D eigenvalue weighted by Gasteiger charge is -2.03. The fourth-order valence-electron chi connectivity index (χ4n) is 1.79. The van der Waals surface area contributed by atoms with Gasteiger partial charge >= 0.3 is 0 Å². The van der Waals surface area contributed by atoms with Crippen molar-refractivity contribution in [3.05, 3.63) is 29.7 Å². The van der Waals surface area contributed by atoms with E-state index in [0.29, 0.717) is 18.1 Å². The molecule has 15 heavy (non-hydrogen) atoms. The molecule has 0 bridgehead atoms. The number of aromatic nitrogens is 2. The fourth-order valence-corrected chi connectivity index (χ4v) is 1.79. The number of imidazole rings is 1. The SMILES string of the molecule is CC(C)c1nc2c(O)cccn2c1CN. The van der Waals surface area contributed by atoms with Crippen molar-refractivity contribution in [2.45, 2.75) is 26.3 Å². The summed E-state index contributed by atoms with van der Waals surface area (Å²) in [7, 11) is 0. The van der Waals surface area contributed by atoms with E-state index in [0.717, 1.165) is 11.4 Å². The van der Waals surface area contributed by atoms with Crippen LogP contribution in [0, 0.1) is 0 Å². The second-order valence-electron chi connectivity index (χ2n) is 3.89. The lowest BCUT2D eigenvalue weighted by Crippen LogP contribution is -2.04. The van der Waals surface area contributed by atoms with Crippen LogP contribution in [0.5, 0.6) is 5.75 Å². The molecule has 2 aromatic rings. The molecule has 0 aliphatic heterocycles. The topological polar surface area (TPSA) is 63.5 Å². The van der Waals surface area contributed by atoms with E-state index in [1.165, 1.54) is 0 Å². The van der Waals surface area contributed by atoms with Crippen molar-refractivity contribution in [2.24, 2.45) is 5.73 Å². The first-order valence-electron chi connectivity index (χ1n) is 5.04. The minimum Gasteiger partial charge on any atom is -0.504 e. The third kappa shape index (κ3) is 1.47. The van der Waals surface area contributed by atoms with Crippen molar-refractivity contribution < 1.29 is 5.11 Å². The van der Waals surface area contributed by atoms with E-state index in [1.807, 2.05) is 10.6 Å².